The molecule has 0 aliphatic rings. The second kappa shape index (κ2) is 19.3. The lowest BCUT2D eigenvalue weighted by molar-refractivity contribution is 1.54. The van der Waals surface area contributed by atoms with Crippen molar-refractivity contribution in [2.24, 2.45) is 0 Å². The molecule has 0 bridgehead atoms. The highest BCUT2D eigenvalue weighted by molar-refractivity contribution is 5.94. The van der Waals surface area contributed by atoms with Crippen LogP contribution in [0.25, 0.3) is 69.9 Å². The van der Waals surface area contributed by atoms with E-state index in [9.17, 15) is 0 Å². The fourth-order valence-electron chi connectivity index (χ4n) is 7.84. The van der Waals surface area contributed by atoms with Gasteiger partial charge in [0.2, 0.25) is 0 Å². The minimum Gasteiger partial charge on any atom is -0.0622 e. The average molecular weight is 791 g/mol. The molecule has 0 aliphatic carbocycles. The van der Waals surface area contributed by atoms with Crippen LogP contribution in [-0.2, 0) is 0 Å². The Morgan fingerprint density at radius 3 is 0.742 bits per heavy atom. The molecular weight excluding hydrogens is 745 g/mol. The minimum atomic E-state index is 1.16. The van der Waals surface area contributed by atoms with E-state index in [1.54, 1.807) is 0 Å². The zero-order valence-corrected chi connectivity index (χ0v) is 34.6. The summed E-state index contributed by atoms with van der Waals surface area (Å²) in [5.41, 5.74) is 19.0. The van der Waals surface area contributed by atoms with Gasteiger partial charge in [0.25, 0.3) is 0 Å². The molecule has 0 radical (unpaired) electrons. The van der Waals surface area contributed by atoms with Crippen molar-refractivity contribution in [3.8, 4) is 22.3 Å². The van der Waals surface area contributed by atoms with Crippen molar-refractivity contribution >= 4 is 47.6 Å². The third-order valence-corrected chi connectivity index (χ3v) is 11.2. The number of hydrogen-bond donors (Lipinski definition) is 0. The Kier molecular flexibility index (Phi) is 12.3. The average Bonchev–Trinajstić information content (AvgIpc) is 3.35. The molecule has 0 N–H and O–H groups in total. The Labute approximate surface area is 366 Å². The van der Waals surface area contributed by atoms with Gasteiger partial charge >= 0.3 is 0 Å². The summed E-state index contributed by atoms with van der Waals surface area (Å²) in [6.45, 7) is 0. The first-order valence-electron chi connectivity index (χ1n) is 21.2. The lowest BCUT2D eigenvalue weighted by Crippen LogP contribution is -1.89. The van der Waals surface area contributed by atoms with Gasteiger partial charge in [-0.05, 0) is 101 Å². The van der Waals surface area contributed by atoms with Crippen molar-refractivity contribution in [1.82, 2.24) is 0 Å². The third-order valence-electron chi connectivity index (χ3n) is 11.2. The summed E-state index contributed by atoms with van der Waals surface area (Å²) in [7, 11) is 0. The first-order valence-corrected chi connectivity index (χ1v) is 21.2. The van der Waals surface area contributed by atoms with E-state index in [1.807, 2.05) is 0 Å². The summed E-state index contributed by atoms with van der Waals surface area (Å²) < 4.78 is 0. The van der Waals surface area contributed by atoms with Crippen LogP contribution in [0.3, 0.4) is 0 Å². The zero-order valence-electron chi connectivity index (χ0n) is 34.6. The molecule has 0 heteroatoms. The van der Waals surface area contributed by atoms with Crippen LogP contribution in [0.15, 0.2) is 243 Å². The van der Waals surface area contributed by atoms with E-state index >= 15 is 0 Å². The van der Waals surface area contributed by atoms with E-state index in [0.29, 0.717) is 0 Å². The molecule has 9 rings (SSSR count). The van der Waals surface area contributed by atoms with Crippen LogP contribution in [0.1, 0.15) is 55.6 Å². The van der Waals surface area contributed by atoms with Gasteiger partial charge < -0.3 is 0 Å². The molecule has 0 fully saturated rings. The predicted octanol–water partition coefficient (Wildman–Crippen LogP) is 16.5. The number of benzene rings is 9. The van der Waals surface area contributed by atoms with Crippen LogP contribution < -0.4 is 0 Å². The van der Waals surface area contributed by atoms with Crippen LogP contribution >= 0.6 is 0 Å². The molecule has 0 unspecified atom stereocenters. The second-order valence-electron chi connectivity index (χ2n) is 15.3. The molecule has 0 spiro atoms. The summed E-state index contributed by atoms with van der Waals surface area (Å²) in [5, 5.41) is 0. The summed E-state index contributed by atoms with van der Waals surface area (Å²) in [5.74, 6) is 0. The third kappa shape index (κ3) is 9.69. The van der Waals surface area contributed by atoms with Crippen molar-refractivity contribution < 1.29 is 0 Å². The molecule has 0 atom stereocenters. The first-order chi connectivity index (χ1) is 30.7. The highest BCUT2D eigenvalue weighted by Crippen LogP contribution is 2.31. The molecule has 294 valence electrons. The first kappa shape index (κ1) is 39.4. The molecule has 0 saturated carbocycles. The van der Waals surface area contributed by atoms with Crippen LogP contribution in [0.4, 0.5) is 0 Å². The van der Waals surface area contributed by atoms with E-state index < -0.39 is 0 Å². The van der Waals surface area contributed by atoms with Crippen LogP contribution in [-0.4, -0.2) is 0 Å². The largest absolute Gasteiger partial charge is 0.0622 e. The lowest BCUT2D eigenvalue weighted by Gasteiger charge is -2.10. The molecule has 9 aromatic carbocycles. The van der Waals surface area contributed by atoms with Gasteiger partial charge in [0, 0.05) is 0 Å². The van der Waals surface area contributed by atoms with Gasteiger partial charge in [-0.1, -0.05) is 267 Å². The van der Waals surface area contributed by atoms with Gasteiger partial charge in [-0.2, -0.15) is 0 Å². The molecule has 62 heavy (non-hydrogen) atoms. The van der Waals surface area contributed by atoms with E-state index in [-0.39, 0.29) is 0 Å². The molecule has 0 amide bonds. The van der Waals surface area contributed by atoms with Gasteiger partial charge in [0.15, 0.2) is 0 Å². The van der Waals surface area contributed by atoms with Gasteiger partial charge in [-0.3, -0.25) is 0 Å². The maximum atomic E-state index is 2.30. The maximum Gasteiger partial charge on any atom is -0.0105 e. The Hall–Kier alpha value is -8.06. The van der Waals surface area contributed by atoms with Crippen molar-refractivity contribution in [3.63, 3.8) is 0 Å². The molecular formula is C62H46. The minimum absolute atomic E-state index is 1.16. The Morgan fingerprint density at radius 2 is 0.452 bits per heavy atom. The quantitative estimate of drug-likeness (QED) is 0.108. The van der Waals surface area contributed by atoms with Gasteiger partial charge in [0.05, 0.1) is 0 Å². The number of rotatable bonds is 12. The molecule has 0 heterocycles. The fourth-order valence-corrected chi connectivity index (χ4v) is 7.84. The van der Waals surface area contributed by atoms with Crippen molar-refractivity contribution in [1.29, 1.82) is 0 Å². The van der Waals surface area contributed by atoms with Crippen LogP contribution in [0.5, 0.6) is 0 Å². The van der Waals surface area contributed by atoms with Gasteiger partial charge in [0.1, 0.15) is 0 Å². The van der Waals surface area contributed by atoms with Gasteiger partial charge in [-0.15, -0.1) is 0 Å². The Bertz CT molecular complexity index is 2680. The van der Waals surface area contributed by atoms with Crippen molar-refractivity contribution in [2.75, 3.05) is 0 Å². The molecule has 0 nitrogen and oxygen atoms in total. The lowest BCUT2D eigenvalue weighted by atomic mass is 9.94. The fraction of sp³-hybridized carbons (Fsp3) is 0. The van der Waals surface area contributed by atoms with Crippen molar-refractivity contribution in [2.45, 2.75) is 0 Å². The molecule has 9 aromatic rings. The van der Waals surface area contributed by atoms with E-state index in [4.69, 9.17) is 0 Å². The monoisotopic (exact) mass is 790 g/mol. The second-order valence-corrected chi connectivity index (χ2v) is 15.3. The molecule has 0 aliphatic heterocycles. The van der Waals surface area contributed by atoms with Crippen LogP contribution in [0, 0.1) is 0 Å². The summed E-state index contributed by atoms with van der Waals surface area (Å²) in [6.07, 6.45) is 13.4. The Morgan fingerprint density at radius 1 is 0.210 bits per heavy atom. The summed E-state index contributed by atoms with van der Waals surface area (Å²) >= 11 is 0. The Balaban J connectivity index is 0.876. The van der Waals surface area contributed by atoms with Gasteiger partial charge in [-0.25, -0.2) is 0 Å². The normalized spacial score (nSPS) is 11.1. The van der Waals surface area contributed by atoms with Crippen molar-refractivity contribution in [3.05, 3.63) is 298 Å². The SMILES string of the molecule is C(=Cc1ccccc1C=C(c1ccccc1)c1ccccc1)c1ccc(-c2ccc(-c3ccc(C=Cc4ccccc4C=C(c4ccccc4)c4ccccc4)cc3)cc2)cc1. The van der Waals surface area contributed by atoms with Crippen LogP contribution in [0.2, 0.25) is 0 Å². The smallest absolute Gasteiger partial charge is 0.0105 e. The zero-order chi connectivity index (χ0) is 41.8. The summed E-state index contributed by atoms with van der Waals surface area (Å²) in [6, 6.07) is 86.2. The maximum absolute atomic E-state index is 2.30. The number of hydrogen-bond acceptors (Lipinski definition) is 0. The van der Waals surface area contributed by atoms with E-state index in [2.05, 4.69) is 279 Å². The van der Waals surface area contributed by atoms with E-state index in [0.717, 1.165) is 11.1 Å². The predicted molar refractivity (Wildman–Crippen MR) is 268 cm³/mol. The standard InChI is InChI=1S/C62H46/c1-5-19-55(20-6-1)61(56-21-7-2-8-22-56)45-59-27-15-13-17-49(59)35-29-47-31-37-51(38-32-47)53-41-43-54(44-42-53)52-39-33-48(34-40-52)30-36-50-18-14-16-28-60(50)46-62(57-23-9-3-10-24-57)58-25-11-4-12-26-58/h1-46H. The summed E-state index contributed by atoms with van der Waals surface area (Å²) in [4.78, 5) is 0. The topological polar surface area (TPSA) is 0 Å². The highest BCUT2D eigenvalue weighted by Gasteiger charge is 2.09. The molecule has 0 aromatic heterocycles. The molecule has 0 saturated heterocycles. The highest BCUT2D eigenvalue weighted by atomic mass is 14.1. The van der Waals surface area contributed by atoms with E-state index in [1.165, 1.54) is 77.9 Å².